The summed E-state index contributed by atoms with van der Waals surface area (Å²) in [5.41, 5.74) is 5.11. The second-order valence-corrected chi connectivity index (χ2v) is 4.60. The lowest BCUT2D eigenvalue weighted by atomic mass is 10.1. The van der Waals surface area contributed by atoms with Gasteiger partial charge in [0.15, 0.2) is 0 Å². The van der Waals surface area contributed by atoms with Crippen molar-refractivity contribution in [2.45, 2.75) is 25.8 Å². The predicted octanol–water partition coefficient (Wildman–Crippen LogP) is 3.49. The molecular formula is C15H16N2. The highest BCUT2D eigenvalue weighted by atomic mass is 15.0. The minimum atomic E-state index is 0.368. The van der Waals surface area contributed by atoms with Crippen LogP contribution in [0.25, 0.3) is 0 Å². The summed E-state index contributed by atoms with van der Waals surface area (Å²) in [7, 11) is 0. The maximum absolute atomic E-state index is 4.50. The standard InChI is InChI=1S/C15H16N2/c1-11-5-2-3-7-13(11)17-14-9-8-12-6-4-10-16-15(12)14/h2-7,10,14,17H,8-9H2,1H3. The van der Waals surface area contributed by atoms with Crippen LogP contribution in [0, 0.1) is 6.92 Å². The van der Waals surface area contributed by atoms with Crippen molar-refractivity contribution in [1.29, 1.82) is 0 Å². The number of para-hydroxylation sites is 1. The van der Waals surface area contributed by atoms with Gasteiger partial charge in [-0.15, -0.1) is 0 Å². The lowest BCUT2D eigenvalue weighted by Gasteiger charge is -2.16. The van der Waals surface area contributed by atoms with Gasteiger partial charge in [0.05, 0.1) is 11.7 Å². The zero-order chi connectivity index (χ0) is 11.7. The van der Waals surface area contributed by atoms with Gasteiger partial charge in [-0.25, -0.2) is 0 Å². The smallest absolute Gasteiger partial charge is 0.0691 e. The Kier molecular flexibility index (Phi) is 2.56. The number of hydrogen-bond acceptors (Lipinski definition) is 2. The molecule has 0 spiro atoms. The molecule has 86 valence electrons. The number of rotatable bonds is 2. The average molecular weight is 224 g/mol. The van der Waals surface area contributed by atoms with Gasteiger partial charge in [0.1, 0.15) is 0 Å². The molecular weight excluding hydrogens is 208 g/mol. The zero-order valence-electron chi connectivity index (χ0n) is 9.98. The van der Waals surface area contributed by atoms with Gasteiger partial charge in [-0.3, -0.25) is 4.98 Å². The maximum Gasteiger partial charge on any atom is 0.0691 e. The van der Waals surface area contributed by atoms with E-state index in [1.54, 1.807) is 0 Å². The van der Waals surface area contributed by atoms with Gasteiger partial charge in [-0.2, -0.15) is 0 Å². The van der Waals surface area contributed by atoms with E-state index in [1.807, 2.05) is 12.3 Å². The summed E-state index contributed by atoms with van der Waals surface area (Å²) in [5, 5.41) is 3.60. The SMILES string of the molecule is Cc1ccccc1NC1CCc2cccnc21. The highest BCUT2D eigenvalue weighted by Crippen LogP contribution is 2.32. The largest absolute Gasteiger partial charge is 0.376 e. The van der Waals surface area contributed by atoms with Crippen LogP contribution in [0.1, 0.15) is 29.3 Å². The molecule has 0 amide bonds. The van der Waals surface area contributed by atoms with E-state index in [9.17, 15) is 0 Å². The van der Waals surface area contributed by atoms with Crippen LogP contribution < -0.4 is 5.32 Å². The molecule has 1 aromatic heterocycles. The van der Waals surface area contributed by atoms with Gasteiger partial charge in [-0.1, -0.05) is 24.3 Å². The van der Waals surface area contributed by atoms with Crippen molar-refractivity contribution in [3.8, 4) is 0 Å². The number of benzene rings is 1. The Morgan fingerprint density at radius 3 is 2.94 bits per heavy atom. The predicted molar refractivity (Wildman–Crippen MR) is 70.1 cm³/mol. The number of fused-ring (bicyclic) bond motifs is 1. The Morgan fingerprint density at radius 2 is 2.06 bits per heavy atom. The molecule has 1 heterocycles. The molecule has 17 heavy (non-hydrogen) atoms. The molecule has 2 aromatic rings. The van der Waals surface area contributed by atoms with Crippen LogP contribution in [0.3, 0.4) is 0 Å². The Morgan fingerprint density at radius 1 is 1.18 bits per heavy atom. The quantitative estimate of drug-likeness (QED) is 0.844. The zero-order valence-corrected chi connectivity index (χ0v) is 9.98. The van der Waals surface area contributed by atoms with E-state index in [-0.39, 0.29) is 0 Å². The molecule has 0 fully saturated rings. The van der Waals surface area contributed by atoms with Gasteiger partial charge in [0, 0.05) is 11.9 Å². The number of nitrogens with zero attached hydrogens (tertiary/aromatic N) is 1. The fraction of sp³-hybridized carbons (Fsp3) is 0.267. The van der Waals surface area contributed by atoms with Crippen LogP contribution in [-0.2, 0) is 6.42 Å². The van der Waals surface area contributed by atoms with Gasteiger partial charge >= 0.3 is 0 Å². The third kappa shape index (κ3) is 1.91. The third-order valence-electron chi connectivity index (χ3n) is 3.43. The Balaban J connectivity index is 1.87. The molecule has 1 N–H and O–H groups in total. The molecule has 1 aliphatic rings. The molecule has 0 radical (unpaired) electrons. The molecule has 1 aliphatic carbocycles. The summed E-state index contributed by atoms with van der Waals surface area (Å²) in [4.78, 5) is 4.50. The number of aromatic nitrogens is 1. The second-order valence-electron chi connectivity index (χ2n) is 4.60. The highest BCUT2D eigenvalue weighted by molar-refractivity contribution is 5.52. The summed E-state index contributed by atoms with van der Waals surface area (Å²) >= 11 is 0. The van der Waals surface area contributed by atoms with E-state index in [4.69, 9.17) is 0 Å². The van der Waals surface area contributed by atoms with E-state index < -0.39 is 0 Å². The van der Waals surface area contributed by atoms with Crippen molar-refractivity contribution in [2.24, 2.45) is 0 Å². The van der Waals surface area contributed by atoms with Crippen molar-refractivity contribution in [1.82, 2.24) is 4.98 Å². The summed E-state index contributed by atoms with van der Waals surface area (Å²) in [6.45, 7) is 2.14. The monoisotopic (exact) mass is 224 g/mol. The molecule has 0 saturated heterocycles. The van der Waals surface area contributed by atoms with E-state index in [0.29, 0.717) is 6.04 Å². The normalized spacial score (nSPS) is 17.8. The fourth-order valence-electron chi connectivity index (χ4n) is 2.48. The van der Waals surface area contributed by atoms with Crippen molar-refractivity contribution in [2.75, 3.05) is 5.32 Å². The molecule has 3 rings (SSSR count). The molecule has 2 nitrogen and oxygen atoms in total. The molecule has 0 aliphatic heterocycles. The highest BCUT2D eigenvalue weighted by Gasteiger charge is 2.23. The van der Waals surface area contributed by atoms with Crippen molar-refractivity contribution in [3.05, 3.63) is 59.4 Å². The molecule has 1 unspecified atom stereocenters. The van der Waals surface area contributed by atoms with E-state index in [1.165, 1.54) is 22.5 Å². The third-order valence-corrected chi connectivity index (χ3v) is 3.43. The second kappa shape index (κ2) is 4.21. The summed E-state index contributed by atoms with van der Waals surface area (Å²) in [5.74, 6) is 0. The molecule has 2 heteroatoms. The van der Waals surface area contributed by atoms with Gasteiger partial charge in [0.2, 0.25) is 0 Å². The first-order chi connectivity index (χ1) is 8.34. The molecule has 0 saturated carbocycles. The lowest BCUT2D eigenvalue weighted by Crippen LogP contribution is -2.09. The first-order valence-corrected chi connectivity index (χ1v) is 6.10. The van der Waals surface area contributed by atoms with Crippen LogP contribution in [0.2, 0.25) is 0 Å². The van der Waals surface area contributed by atoms with Crippen LogP contribution in [0.4, 0.5) is 5.69 Å². The summed E-state index contributed by atoms with van der Waals surface area (Å²) in [6, 6.07) is 13.0. The number of hydrogen-bond donors (Lipinski definition) is 1. The van der Waals surface area contributed by atoms with Gasteiger partial charge in [0.25, 0.3) is 0 Å². The van der Waals surface area contributed by atoms with E-state index in [0.717, 1.165) is 12.8 Å². The van der Waals surface area contributed by atoms with Crippen molar-refractivity contribution >= 4 is 5.69 Å². The van der Waals surface area contributed by atoms with Crippen LogP contribution in [0.5, 0.6) is 0 Å². The Hall–Kier alpha value is -1.83. The Bertz CT molecular complexity index is 534. The van der Waals surface area contributed by atoms with E-state index >= 15 is 0 Å². The number of pyridine rings is 1. The lowest BCUT2D eigenvalue weighted by molar-refractivity contribution is 0.745. The fourth-order valence-corrected chi connectivity index (χ4v) is 2.48. The van der Waals surface area contributed by atoms with Crippen LogP contribution in [0.15, 0.2) is 42.6 Å². The molecule has 1 aromatic carbocycles. The first-order valence-electron chi connectivity index (χ1n) is 6.10. The molecule has 0 bridgehead atoms. The number of nitrogens with one attached hydrogen (secondary N) is 1. The minimum absolute atomic E-state index is 0.368. The summed E-state index contributed by atoms with van der Waals surface area (Å²) in [6.07, 6.45) is 4.16. The van der Waals surface area contributed by atoms with Gasteiger partial charge in [-0.05, 0) is 43.0 Å². The number of anilines is 1. The van der Waals surface area contributed by atoms with Crippen molar-refractivity contribution in [3.63, 3.8) is 0 Å². The number of aryl methyl sites for hydroxylation is 2. The van der Waals surface area contributed by atoms with E-state index in [2.05, 4.69) is 47.6 Å². The topological polar surface area (TPSA) is 24.9 Å². The average Bonchev–Trinajstić information content (AvgIpc) is 2.76. The Labute approximate surface area is 102 Å². The van der Waals surface area contributed by atoms with Crippen molar-refractivity contribution < 1.29 is 0 Å². The van der Waals surface area contributed by atoms with Gasteiger partial charge < -0.3 is 5.32 Å². The first kappa shape index (κ1) is 10.3. The van der Waals surface area contributed by atoms with Crippen LogP contribution in [-0.4, -0.2) is 4.98 Å². The summed E-state index contributed by atoms with van der Waals surface area (Å²) < 4.78 is 0. The minimum Gasteiger partial charge on any atom is -0.376 e. The van der Waals surface area contributed by atoms with Crippen LogP contribution >= 0.6 is 0 Å². The maximum atomic E-state index is 4.50. The molecule has 1 atom stereocenters.